The minimum absolute atomic E-state index is 0.0584. The Kier molecular flexibility index (Phi) is 4.35. The normalized spacial score (nSPS) is 19.4. The molecule has 4 nitrogen and oxygen atoms in total. The maximum absolute atomic E-state index is 12.4. The molecule has 0 radical (unpaired) electrons. The van der Waals surface area contributed by atoms with Gasteiger partial charge in [-0.25, -0.2) is 4.98 Å². The Labute approximate surface area is 112 Å². The quantitative estimate of drug-likeness (QED) is 0.908. The molecule has 2 rings (SSSR count). The van der Waals surface area contributed by atoms with E-state index in [1.54, 1.807) is 0 Å². The van der Waals surface area contributed by atoms with E-state index in [2.05, 4.69) is 24.1 Å². The van der Waals surface area contributed by atoms with Gasteiger partial charge in [0, 0.05) is 24.0 Å². The number of carbonyl (C=O) groups is 1. The van der Waals surface area contributed by atoms with Crippen molar-refractivity contribution in [2.75, 3.05) is 13.1 Å². The second-order valence-corrected chi connectivity index (χ2v) is 6.16. The summed E-state index contributed by atoms with van der Waals surface area (Å²) in [5.41, 5.74) is 0.587. The Balaban J connectivity index is 2.06. The summed E-state index contributed by atoms with van der Waals surface area (Å²) in [4.78, 5) is 18.7. The van der Waals surface area contributed by atoms with Crippen molar-refractivity contribution in [3.63, 3.8) is 0 Å². The van der Waals surface area contributed by atoms with Gasteiger partial charge in [-0.3, -0.25) is 4.79 Å². The van der Waals surface area contributed by atoms with Crippen molar-refractivity contribution in [1.82, 2.24) is 15.2 Å². The molecule has 0 aromatic carbocycles. The van der Waals surface area contributed by atoms with Gasteiger partial charge in [-0.15, -0.1) is 11.3 Å². The standard InChI is InChI=1S/C13H21N3OS/c1-9(2)16(7-11-5-4-6-14-11)13(17)12-8-18-10(3)15-12/h8-9,11,14H,4-7H2,1-3H3. The van der Waals surface area contributed by atoms with Crippen molar-refractivity contribution in [2.45, 2.75) is 45.7 Å². The van der Waals surface area contributed by atoms with Gasteiger partial charge in [-0.05, 0) is 40.2 Å². The molecule has 1 saturated heterocycles. The number of aryl methyl sites for hydroxylation is 1. The Bertz CT molecular complexity index is 410. The van der Waals surface area contributed by atoms with Gasteiger partial charge in [0.05, 0.1) is 5.01 Å². The van der Waals surface area contributed by atoms with Crippen molar-refractivity contribution < 1.29 is 4.79 Å². The highest BCUT2D eigenvalue weighted by Crippen LogP contribution is 2.15. The summed E-state index contributed by atoms with van der Waals surface area (Å²) in [5, 5.41) is 6.24. The fraction of sp³-hybridized carbons (Fsp3) is 0.692. The summed E-state index contributed by atoms with van der Waals surface area (Å²) in [6, 6.07) is 0.651. The molecular weight excluding hydrogens is 246 g/mol. The number of thiazole rings is 1. The van der Waals surface area contributed by atoms with Gasteiger partial charge in [0.2, 0.25) is 0 Å². The summed E-state index contributed by atoms with van der Waals surface area (Å²) in [7, 11) is 0. The summed E-state index contributed by atoms with van der Waals surface area (Å²) < 4.78 is 0. The van der Waals surface area contributed by atoms with Gasteiger partial charge in [0.1, 0.15) is 5.69 Å². The van der Waals surface area contributed by atoms with Crippen LogP contribution >= 0.6 is 11.3 Å². The van der Waals surface area contributed by atoms with Crippen molar-refractivity contribution >= 4 is 17.2 Å². The van der Waals surface area contributed by atoms with Crippen LogP contribution in [-0.4, -0.2) is 41.0 Å². The third-order valence-electron chi connectivity index (χ3n) is 3.30. The van der Waals surface area contributed by atoms with Crippen LogP contribution in [0, 0.1) is 6.92 Å². The van der Waals surface area contributed by atoms with Gasteiger partial charge >= 0.3 is 0 Å². The third kappa shape index (κ3) is 3.09. The third-order valence-corrected chi connectivity index (χ3v) is 4.08. The van der Waals surface area contributed by atoms with Gasteiger partial charge in [-0.1, -0.05) is 0 Å². The monoisotopic (exact) mass is 267 g/mol. The van der Waals surface area contributed by atoms with Crippen LogP contribution in [0.3, 0.4) is 0 Å². The van der Waals surface area contributed by atoms with Crippen LogP contribution in [0.5, 0.6) is 0 Å². The van der Waals surface area contributed by atoms with Crippen LogP contribution in [0.2, 0.25) is 0 Å². The van der Waals surface area contributed by atoms with Gasteiger partial charge in [0.15, 0.2) is 0 Å². The first kappa shape index (κ1) is 13.5. The van der Waals surface area contributed by atoms with Crippen molar-refractivity contribution in [3.8, 4) is 0 Å². The number of carbonyl (C=O) groups excluding carboxylic acids is 1. The average Bonchev–Trinajstić information content (AvgIpc) is 2.95. The second kappa shape index (κ2) is 5.80. The van der Waals surface area contributed by atoms with Crippen LogP contribution in [0.4, 0.5) is 0 Å². The minimum atomic E-state index is 0.0584. The lowest BCUT2D eigenvalue weighted by Gasteiger charge is -2.29. The summed E-state index contributed by atoms with van der Waals surface area (Å²) in [6.07, 6.45) is 2.37. The van der Waals surface area contributed by atoms with Crippen LogP contribution in [0.1, 0.15) is 42.2 Å². The van der Waals surface area contributed by atoms with E-state index in [9.17, 15) is 4.79 Å². The predicted molar refractivity (Wildman–Crippen MR) is 74.0 cm³/mol. The van der Waals surface area contributed by atoms with Crippen LogP contribution in [-0.2, 0) is 0 Å². The summed E-state index contributed by atoms with van der Waals surface area (Å²) in [6.45, 7) is 7.91. The Morgan fingerprint density at radius 3 is 2.94 bits per heavy atom. The lowest BCUT2D eigenvalue weighted by Crippen LogP contribution is -2.44. The van der Waals surface area contributed by atoms with Crippen LogP contribution in [0.25, 0.3) is 0 Å². The number of aromatic nitrogens is 1. The summed E-state index contributed by atoms with van der Waals surface area (Å²) >= 11 is 1.53. The molecule has 1 amide bonds. The first-order chi connectivity index (χ1) is 8.58. The summed E-state index contributed by atoms with van der Waals surface area (Å²) in [5.74, 6) is 0.0584. The Morgan fingerprint density at radius 1 is 1.67 bits per heavy atom. The first-order valence-electron chi connectivity index (χ1n) is 6.54. The lowest BCUT2D eigenvalue weighted by atomic mass is 10.2. The largest absolute Gasteiger partial charge is 0.333 e. The Hall–Kier alpha value is -0.940. The van der Waals surface area contributed by atoms with Gasteiger partial charge in [0.25, 0.3) is 5.91 Å². The molecule has 0 spiro atoms. The molecule has 1 atom stereocenters. The second-order valence-electron chi connectivity index (χ2n) is 5.10. The minimum Gasteiger partial charge on any atom is -0.333 e. The highest BCUT2D eigenvalue weighted by Gasteiger charge is 2.25. The molecule has 1 unspecified atom stereocenters. The zero-order chi connectivity index (χ0) is 13.1. The molecule has 1 aliphatic heterocycles. The molecule has 1 aromatic heterocycles. The van der Waals surface area contributed by atoms with E-state index in [1.807, 2.05) is 17.2 Å². The van der Waals surface area contributed by atoms with Crippen molar-refractivity contribution in [1.29, 1.82) is 0 Å². The van der Waals surface area contributed by atoms with Crippen molar-refractivity contribution in [3.05, 3.63) is 16.1 Å². The number of rotatable bonds is 4. The molecule has 18 heavy (non-hydrogen) atoms. The fourth-order valence-electron chi connectivity index (χ4n) is 2.29. The molecule has 1 aliphatic rings. The van der Waals surface area contributed by atoms with Crippen molar-refractivity contribution in [2.24, 2.45) is 0 Å². The molecule has 1 fully saturated rings. The maximum atomic E-state index is 12.4. The first-order valence-corrected chi connectivity index (χ1v) is 7.42. The van der Waals surface area contributed by atoms with E-state index in [1.165, 1.54) is 17.8 Å². The Morgan fingerprint density at radius 2 is 2.44 bits per heavy atom. The fourth-order valence-corrected chi connectivity index (χ4v) is 2.87. The van der Waals surface area contributed by atoms with E-state index in [0.717, 1.165) is 24.5 Å². The lowest BCUT2D eigenvalue weighted by molar-refractivity contribution is 0.0683. The molecule has 0 bridgehead atoms. The number of nitrogens with one attached hydrogen (secondary N) is 1. The highest BCUT2D eigenvalue weighted by molar-refractivity contribution is 7.09. The molecule has 1 N–H and O–H groups in total. The average molecular weight is 267 g/mol. The topological polar surface area (TPSA) is 45.2 Å². The van der Waals surface area contributed by atoms with Crippen LogP contribution < -0.4 is 5.32 Å². The number of hydrogen-bond donors (Lipinski definition) is 1. The van der Waals surface area contributed by atoms with E-state index in [4.69, 9.17) is 0 Å². The van der Waals surface area contributed by atoms with Gasteiger partial charge in [-0.2, -0.15) is 0 Å². The zero-order valence-electron chi connectivity index (χ0n) is 11.3. The van der Waals surface area contributed by atoms with E-state index in [0.29, 0.717) is 11.7 Å². The van der Waals surface area contributed by atoms with Crippen LogP contribution in [0.15, 0.2) is 5.38 Å². The number of amides is 1. The molecule has 0 aliphatic carbocycles. The predicted octanol–water partition coefficient (Wildman–Crippen LogP) is 2.05. The SMILES string of the molecule is Cc1nc(C(=O)N(CC2CCCN2)C(C)C)cs1. The molecule has 5 heteroatoms. The van der Waals surface area contributed by atoms with E-state index in [-0.39, 0.29) is 11.9 Å². The number of hydrogen-bond acceptors (Lipinski definition) is 4. The maximum Gasteiger partial charge on any atom is 0.273 e. The molecule has 1 aromatic rings. The number of nitrogens with zero attached hydrogens (tertiary/aromatic N) is 2. The highest BCUT2D eigenvalue weighted by atomic mass is 32.1. The van der Waals surface area contributed by atoms with Gasteiger partial charge < -0.3 is 10.2 Å². The molecule has 2 heterocycles. The zero-order valence-corrected chi connectivity index (χ0v) is 12.1. The van der Waals surface area contributed by atoms with E-state index < -0.39 is 0 Å². The molecule has 0 saturated carbocycles. The smallest absolute Gasteiger partial charge is 0.273 e. The van der Waals surface area contributed by atoms with E-state index >= 15 is 0 Å². The molecule has 100 valence electrons. The molecular formula is C13H21N3OS.